The quantitative estimate of drug-likeness (QED) is 0.710. The molecule has 0 atom stereocenters. The summed E-state index contributed by atoms with van der Waals surface area (Å²) in [7, 11) is -3.70. The van der Waals surface area contributed by atoms with Crippen molar-refractivity contribution in [2.45, 2.75) is 27.3 Å². The molecule has 1 saturated heterocycles. The first kappa shape index (κ1) is 21.0. The summed E-state index contributed by atoms with van der Waals surface area (Å²) in [5, 5.41) is 0. The number of nitrogens with zero attached hydrogens (tertiary/aromatic N) is 3. The van der Waals surface area contributed by atoms with E-state index in [4.69, 9.17) is 9.47 Å². The Morgan fingerprint density at radius 3 is 2.41 bits per heavy atom. The number of aryl methyl sites for hydroxylation is 2. The van der Waals surface area contributed by atoms with Gasteiger partial charge in [-0.15, -0.1) is 4.40 Å². The summed E-state index contributed by atoms with van der Waals surface area (Å²) in [5.74, 6) is 2.17. The van der Waals surface area contributed by atoms with Crippen LogP contribution in [0.5, 0.6) is 11.5 Å². The number of hydrogen-bond donors (Lipinski definition) is 0. The Kier molecular flexibility index (Phi) is 5.22. The molecule has 1 fully saturated rings. The first-order valence-electron chi connectivity index (χ1n) is 10.8. The minimum atomic E-state index is -3.70. The number of rotatable bonds is 3. The van der Waals surface area contributed by atoms with E-state index in [0.29, 0.717) is 16.3 Å². The van der Waals surface area contributed by atoms with E-state index in [1.807, 2.05) is 51.1 Å². The van der Waals surface area contributed by atoms with Crippen LogP contribution in [0.4, 0.5) is 0 Å². The average Bonchev–Trinajstić information content (AvgIpc) is 3.32. The predicted octanol–water partition coefficient (Wildman–Crippen LogP) is 3.32. The number of fused-ring (bicyclic) bond motifs is 1. The van der Waals surface area contributed by atoms with E-state index in [1.165, 1.54) is 5.56 Å². The highest BCUT2D eigenvalue weighted by Crippen LogP contribution is 2.35. The Bertz CT molecular complexity index is 1240. The molecule has 168 valence electrons. The lowest BCUT2D eigenvalue weighted by molar-refractivity contribution is 0.172. The Balaban J connectivity index is 1.30. The number of benzene rings is 2. The Labute approximate surface area is 189 Å². The molecule has 2 aromatic rings. The lowest BCUT2D eigenvalue weighted by Gasteiger charge is -2.36. The lowest BCUT2D eigenvalue weighted by atomic mass is 10.0. The summed E-state index contributed by atoms with van der Waals surface area (Å²) in [6.45, 7) is 10.1. The van der Waals surface area contributed by atoms with Crippen LogP contribution in [0.1, 0.15) is 29.2 Å². The molecule has 3 aliphatic rings. The fraction of sp³-hybridized carbons (Fsp3) is 0.375. The van der Waals surface area contributed by atoms with Gasteiger partial charge in [0.05, 0.1) is 0 Å². The topological polar surface area (TPSA) is 71.4 Å². The third kappa shape index (κ3) is 3.78. The summed E-state index contributed by atoms with van der Waals surface area (Å²) >= 11 is 0. The molecule has 8 heteroatoms. The lowest BCUT2D eigenvalue weighted by Crippen LogP contribution is -2.48. The summed E-state index contributed by atoms with van der Waals surface area (Å²) in [6, 6.07) is 11.8. The van der Waals surface area contributed by atoms with Crippen LogP contribution in [-0.4, -0.2) is 57.0 Å². The standard InChI is InChI=1S/C24H27N3O4S/c1-16-4-6-20(12-17(16)2)23-18(3)24(25-32(23,28)29)27-10-8-26(9-11-27)14-19-5-7-21-22(13-19)31-15-30-21/h4-7,12-13H,8-11,14-15H2,1-3H3. The van der Waals surface area contributed by atoms with Crippen LogP contribution < -0.4 is 9.47 Å². The van der Waals surface area contributed by atoms with Crippen LogP contribution in [0.25, 0.3) is 4.91 Å². The Morgan fingerprint density at radius 1 is 0.906 bits per heavy atom. The number of piperazine rings is 1. The van der Waals surface area contributed by atoms with E-state index in [0.717, 1.165) is 60.9 Å². The van der Waals surface area contributed by atoms with E-state index in [9.17, 15) is 8.42 Å². The molecule has 32 heavy (non-hydrogen) atoms. The van der Waals surface area contributed by atoms with Gasteiger partial charge in [0.15, 0.2) is 11.5 Å². The molecule has 2 aromatic carbocycles. The van der Waals surface area contributed by atoms with Gasteiger partial charge in [-0.1, -0.05) is 24.3 Å². The third-order valence-corrected chi connectivity index (χ3v) is 7.90. The second-order valence-electron chi connectivity index (χ2n) is 8.59. The van der Waals surface area contributed by atoms with Crippen molar-refractivity contribution in [1.82, 2.24) is 9.80 Å². The smallest absolute Gasteiger partial charge is 0.285 e. The van der Waals surface area contributed by atoms with Crippen LogP contribution in [0.3, 0.4) is 0 Å². The van der Waals surface area contributed by atoms with E-state index in [-0.39, 0.29) is 6.79 Å². The minimum Gasteiger partial charge on any atom is -0.454 e. The molecular weight excluding hydrogens is 426 g/mol. The van der Waals surface area contributed by atoms with Gasteiger partial charge < -0.3 is 14.4 Å². The molecule has 0 saturated carbocycles. The molecule has 0 radical (unpaired) electrons. The van der Waals surface area contributed by atoms with Gasteiger partial charge in [-0.05, 0) is 55.2 Å². The molecule has 0 aliphatic carbocycles. The normalized spacial score (nSPS) is 20.1. The van der Waals surface area contributed by atoms with Crippen LogP contribution in [-0.2, 0) is 16.6 Å². The van der Waals surface area contributed by atoms with Gasteiger partial charge in [-0.2, -0.15) is 8.42 Å². The van der Waals surface area contributed by atoms with Crippen molar-refractivity contribution < 1.29 is 17.9 Å². The zero-order valence-corrected chi connectivity index (χ0v) is 19.4. The number of sulfonamides is 1. The van der Waals surface area contributed by atoms with Gasteiger partial charge >= 0.3 is 0 Å². The number of hydrogen-bond acceptors (Lipinski definition) is 6. The van der Waals surface area contributed by atoms with Crippen LogP contribution in [0.2, 0.25) is 0 Å². The number of amidine groups is 1. The summed E-state index contributed by atoms with van der Waals surface area (Å²) in [5.41, 5.74) is 4.84. The van der Waals surface area contributed by atoms with Gasteiger partial charge in [-0.25, -0.2) is 0 Å². The van der Waals surface area contributed by atoms with Gasteiger partial charge in [0.1, 0.15) is 10.7 Å². The highest BCUT2D eigenvalue weighted by molar-refractivity contribution is 8.00. The molecule has 3 aliphatic heterocycles. The van der Waals surface area contributed by atoms with Crippen molar-refractivity contribution in [1.29, 1.82) is 0 Å². The molecule has 0 unspecified atom stereocenters. The second-order valence-corrected chi connectivity index (χ2v) is 10.1. The maximum absolute atomic E-state index is 12.9. The third-order valence-electron chi connectivity index (χ3n) is 6.42. The van der Waals surface area contributed by atoms with Crippen molar-refractivity contribution in [2.24, 2.45) is 4.40 Å². The van der Waals surface area contributed by atoms with Crippen molar-refractivity contribution in [3.8, 4) is 11.5 Å². The van der Waals surface area contributed by atoms with Gasteiger partial charge in [0.2, 0.25) is 6.79 Å². The van der Waals surface area contributed by atoms with Gasteiger partial charge in [0, 0.05) is 38.3 Å². The second kappa shape index (κ2) is 7.94. The van der Waals surface area contributed by atoms with E-state index < -0.39 is 10.0 Å². The molecule has 0 amide bonds. The maximum atomic E-state index is 12.9. The average molecular weight is 454 g/mol. The largest absolute Gasteiger partial charge is 0.454 e. The summed E-state index contributed by atoms with van der Waals surface area (Å²) in [6.07, 6.45) is 0. The molecule has 5 rings (SSSR count). The van der Waals surface area contributed by atoms with Crippen molar-refractivity contribution in [2.75, 3.05) is 33.0 Å². The molecule has 0 aromatic heterocycles. The fourth-order valence-corrected chi connectivity index (χ4v) is 5.96. The van der Waals surface area contributed by atoms with E-state index in [1.54, 1.807) is 0 Å². The molecule has 0 N–H and O–H groups in total. The summed E-state index contributed by atoms with van der Waals surface area (Å²) < 4.78 is 40.9. The molecular formula is C24H27N3O4S. The van der Waals surface area contributed by atoms with Gasteiger partial charge in [-0.3, -0.25) is 4.90 Å². The van der Waals surface area contributed by atoms with Crippen molar-refractivity contribution in [3.05, 3.63) is 64.2 Å². The highest BCUT2D eigenvalue weighted by atomic mass is 32.2. The van der Waals surface area contributed by atoms with Crippen LogP contribution >= 0.6 is 0 Å². The van der Waals surface area contributed by atoms with Crippen LogP contribution in [0.15, 0.2) is 46.4 Å². The number of ether oxygens (including phenoxy) is 2. The van der Waals surface area contributed by atoms with Gasteiger partial charge in [0.25, 0.3) is 10.0 Å². The van der Waals surface area contributed by atoms with Crippen molar-refractivity contribution in [3.63, 3.8) is 0 Å². The highest BCUT2D eigenvalue weighted by Gasteiger charge is 2.34. The fourth-order valence-electron chi connectivity index (χ4n) is 4.48. The molecule has 0 bridgehead atoms. The Hall–Kier alpha value is -2.84. The first-order chi connectivity index (χ1) is 15.3. The van der Waals surface area contributed by atoms with Crippen LogP contribution in [0, 0.1) is 13.8 Å². The Morgan fingerprint density at radius 2 is 1.66 bits per heavy atom. The van der Waals surface area contributed by atoms with E-state index >= 15 is 0 Å². The monoisotopic (exact) mass is 453 g/mol. The predicted molar refractivity (Wildman–Crippen MR) is 124 cm³/mol. The molecule has 3 heterocycles. The minimum absolute atomic E-state index is 0.277. The molecule has 0 spiro atoms. The van der Waals surface area contributed by atoms with Crippen molar-refractivity contribution >= 4 is 20.8 Å². The zero-order chi connectivity index (χ0) is 22.5. The van der Waals surface area contributed by atoms with E-state index in [2.05, 4.69) is 20.3 Å². The zero-order valence-electron chi connectivity index (χ0n) is 18.6. The summed E-state index contributed by atoms with van der Waals surface area (Å²) in [4.78, 5) is 4.79. The maximum Gasteiger partial charge on any atom is 0.285 e. The first-order valence-corrected chi connectivity index (χ1v) is 12.3. The molecule has 7 nitrogen and oxygen atoms in total. The SMILES string of the molecule is CC1=C(c2ccc(C)c(C)c2)S(=O)(=O)N=C1N1CCN(Cc2ccc3c(c2)OCO3)CC1.